The number of hydrogen-bond acceptors (Lipinski definition) is 1. The fraction of sp³-hybridized carbons (Fsp3) is 1.00. The lowest BCUT2D eigenvalue weighted by Gasteiger charge is -2.21. The molecule has 0 aliphatic rings. The van der Waals surface area contributed by atoms with Crippen molar-refractivity contribution in [3.8, 4) is 0 Å². The van der Waals surface area contributed by atoms with Gasteiger partial charge in [0.25, 0.3) is 0 Å². The van der Waals surface area contributed by atoms with Gasteiger partial charge >= 0.3 is 0 Å². The van der Waals surface area contributed by atoms with E-state index in [-0.39, 0.29) is 5.60 Å². The Hall–Kier alpha value is 0.690. The van der Waals surface area contributed by atoms with Crippen molar-refractivity contribution >= 4 is 22.6 Å². The van der Waals surface area contributed by atoms with E-state index in [9.17, 15) is 0 Å². The van der Waals surface area contributed by atoms with Crippen LogP contribution in [0.5, 0.6) is 0 Å². The first-order chi connectivity index (χ1) is 4.12. The third-order valence-corrected chi connectivity index (χ3v) is 2.86. The summed E-state index contributed by atoms with van der Waals surface area (Å²) in [6.07, 6.45) is 1.11. The molecule has 9 heavy (non-hydrogen) atoms. The minimum atomic E-state index is 0.0799. The molecule has 0 radical (unpaired) electrons. The molecule has 0 aliphatic carbocycles. The first-order valence-electron chi connectivity index (χ1n) is 3.32. The Morgan fingerprint density at radius 3 is 2.33 bits per heavy atom. The second-order valence-electron chi connectivity index (χ2n) is 2.74. The summed E-state index contributed by atoms with van der Waals surface area (Å²) < 4.78 is 6.58. The Kier molecular flexibility index (Phi) is 4.84. The molecule has 0 saturated heterocycles. The number of hydrogen-bond donors (Lipinski definition) is 0. The van der Waals surface area contributed by atoms with Crippen LogP contribution in [0.15, 0.2) is 0 Å². The van der Waals surface area contributed by atoms with Gasteiger partial charge in [-0.15, -0.1) is 0 Å². The highest BCUT2D eigenvalue weighted by molar-refractivity contribution is 14.1. The van der Waals surface area contributed by atoms with Crippen LogP contribution < -0.4 is 0 Å². The summed E-state index contributed by atoms with van der Waals surface area (Å²) in [4.78, 5) is 0. The molecule has 1 nitrogen and oxygen atoms in total. The topological polar surface area (TPSA) is 9.23 Å². The van der Waals surface area contributed by atoms with Crippen LogP contribution in [-0.2, 0) is 4.74 Å². The summed E-state index contributed by atoms with van der Waals surface area (Å²) in [7, 11) is 0. The van der Waals surface area contributed by atoms with E-state index in [1.807, 2.05) is 0 Å². The van der Waals surface area contributed by atoms with E-state index in [0.29, 0.717) is 0 Å². The van der Waals surface area contributed by atoms with E-state index in [1.54, 1.807) is 0 Å². The molecule has 0 aliphatic heterocycles. The van der Waals surface area contributed by atoms with E-state index in [2.05, 4.69) is 43.4 Å². The summed E-state index contributed by atoms with van der Waals surface area (Å²) in [6.45, 7) is 7.25. The van der Waals surface area contributed by atoms with Gasteiger partial charge in [0.05, 0.1) is 5.60 Å². The van der Waals surface area contributed by atoms with Crippen molar-refractivity contribution < 1.29 is 4.74 Å². The first kappa shape index (κ1) is 9.69. The molecule has 0 aromatic heterocycles. The van der Waals surface area contributed by atoms with Gasteiger partial charge in [0.2, 0.25) is 0 Å². The highest BCUT2D eigenvalue weighted by Gasteiger charge is 2.14. The van der Waals surface area contributed by atoms with Crippen molar-refractivity contribution in [2.45, 2.75) is 32.8 Å². The highest BCUT2D eigenvalue weighted by atomic mass is 127. The maximum absolute atomic E-state index is 5.52. The van der Waals surface area contributed by atoms with Crippen LogP contribution in [0.4, 0.5) is 0 Å². The van der Waals surface area contributed by atoms with Crippen LogP contribution >= 0.6 is 22.6 Å². The minimum absolute atomic E-state index is 0.0799. The van der Waals surface area contributed by atoms with E-state index in [4.69, 9.17) is 4.74 Å². The maximum atomic E-state index is 5.52. The Labute approximate surface area is 71.3 Å². The van der Waals surface area contributed by atoms with Crippen molar-refractivity contribution in [2.24, 2.45) is 0 Å². The van der Waals surface area contributed by atoms with Crippen LogP contribution in [0.2, 0.25) is 0 Å². The van der Waals surface area contributed by atoms with E-state index in [0.717, 1.165) is 17.5 Å². The van der Waals surface area contributed by atoms with Crippen LogP contribution in [0, 0.1) is 0 Å². The molecule has 2 heteroatoms. The van der Waals surface area contributed by atoms with Crippen LogP contribution in [0.3, 0.4) is 0 Å². The predicted molar refractivity (Wildman–Crippen MR) is 49.2 cm³/mol. The largest absolute Gasteiger partial charge is 0.375 e. The Balaban J connectivity index is 3.33. The van der Waals surface area contributed by atoms with Gasteiger partial charge in [-0.1, -0.05) is 29.5 Å². The lowest BCUT2D eigenvalue weighted by molar-refractivity contribution is 0.00360. The van der Waals surface area contributed by atoms with Crippen LogP contribution in [-0.4, -0.2) is 16.6 Å². The SMILES string of the molecule is CCCOC(C)(C)CI. The van der Waals surface area contributed by atoms with Gasteiger partial charge in [0, 0.05) is 11.0 Å². The summed E-state index contributed by atoms with van der Waals surface area (Å²) in [5.41, 5.74) is 0.0799. The molecule has 0 aromatic carbocycles. The number of halogens is 1. The van der Waals surface area contributed by atoms with Crippen molar-refractivity contribution in [3.63, 3.8) is 0 Å². The molecular formula is C7H15IO. The molecule has 0 heterocycles. The Morgan fingerprint density at radius 2 is 2.00 bits per heavy atom. The quantitative estimate of drug-likeness (QED) is 0.544. The average molecular weight is 242 g/mol. The molecule has 0 spiro atoms. The van der Waals surface area contributed by atoms with Gasteiger partial charge in [0.1, 0.15) is 0 Å². The number of rotatable bonds is 4. The molecule has 0 N–H and O–H groups in total. The zero-order chi connectivity index (χ0) is 7.33. The van der Waals surface area contributed by atoms with Crippen molar-refractivity contribution in [1.82, 2.24) is 0 Å². The Bertz CT molecular complexity index is 71.3. The predicted octanol–water partition coefficient (Wildman–Crippen LogP) is 2.63. The standard InChI is InChI=1S/C7H15IO/c1-4-5-9-7(2,3)6-8/h4-6H2,1-3H3. The van der Waals surface area contributed by atoms with E-state index >= 15 is 0 Å². The van der Waals surface area contributed by atoms with Crippen molar-refractivity contribution in [2.75, 3.05) is 11.0 Å². The lowest BCUT2D eigenvalue weighted by Crippen LogP contribution is -2.26. The smallest absolute Gasteiger partial charge is 0.0715 e. The van der Waals surface area contributed by atoms with Crippen LogP contribution in [0.1, 0.15) is 27.2 Å². The van der Waals surface area contributed by atoms with Crippen LogP contribution in [0.25, 0.3) is 0 Å². The molecule has 0 unspecified atom stereocenters. The fourth-order valence-electron chi connectivity index (χ4n) is 0.417. The second-order valence-corrected chi connectivity index (χ2v) is 3.50. The van der Waals surface area contributed by atoms with Crippen molar-refractivity contribution in [1.29, 1.82) is 0 Å². The second kappa shape index (κ2) is 4.50. The fourth-order valence-corrected chi connectivity index (χ4v) is 0.637. The monoisotopic (exact) mass is 242 g/mol. The summed E-state index contributed by atoms with van der Waals surface area (Å²) >= 11 is 2.34. The summed E-state index contributed by atoms with van der Waals surface area (Å²) in [5.74, 6) is 0. The van der Waals surface area contributed by atoms with Gasteiger partial charge in [-0.05, 0) is 20.3 Å². The van der Waals surface area contributed by atoms with Gasteiger partial charge in [-0.2, -0.15) is 0 Å². The van der Waals surface area contributed by atoms with E-state index in [1.165, 1.54) is 0 Å². The molecule has 0 bridgehead atoms. The molecule has 56 valence electrons. The Morgan fingerprint density at radius 1 is 1.44 bits per heavy atom. The van der Waals surface area contributed by atoms with Gasteiger partial charge < -0.3 is 4.74 Å². The first-order valence-corrected chi connectivity index (χ1v) is 4.85. The van der Waals surface area contributed by atoms with Gasteiger partial charge in [-0.3, -0.25) is 0 Å². The molecule has 0 fully saturated rings. The van der Waals surface area contributed by atoms with Gasteiger partial charge in [0.15, 0.2) is 0 Å². The molecule has 0 saturated carbocycles. The minimum Gasteiger partial charge on any atom is -0.375 e. The average Bonchev–Trinajstić information content (AvgIpc) is 1.84. The molecule has 0 amide bonds. The maximum Gasteiger partial charge on any atom is 0.0715 e. The van der Waals surface area contributed by atoms with Gasteiger partial charge in [-0.25, -0.2) is 0 Å². The zero-order valence-electron chi connectivity index (χ0n) is 6.41. The highest BCUT2D eigenvalue weighted by Crippen LogP contribution is 2.12. The third-order valence-electron chi connectivity index (χ3n) is 1.02. The summed E-state index contributed by atoms with van der Waals surface area (Å²) in [5, 5.41) is 0. The molecule has 0 atom stereocenters. The lowest BCUT2D eigenvalue weighted by atomic mass is 10.2. The molecule has 0 rings (SSSR count). The summed E-state index contributed by atoms with van der Waals surface area (Å²) in [6, 6.07) is 0. The number of alkyl halides is 1. The third kappa shape index (κ3) is 5.15. The molecule has 0 aromatic rings. The zero-order valence-corrected chi connectivity index (χ0v) is 8.57. The molecular weight excluding hydrogens is 227 g/mol. The normalized spacial score (nSPS) is 12.0. The van der Waals surface area contributed by atoms with E-state index < -0.39 is 0 Å². The van der Waals surface area contributed by atoms with Crippen molar-refractivity contribution in [3.05, 3.63) is 0 Å². The number of ether oxygens (including phenoxy) is 1.